The molecular formula is C25H35N3O2. The second kappa shape index (κ2) is 9.34. The van der Waals surface area contributed by atoms with E-state index in [0.29, 0.717) is 17.8 Å². The Hall–Kier alpha value is -2.14. The number of fused-ring (bicyclic) bond motifs is 1. The lowest BCUT2D eigenvalue weighted by molar-refractivity contribution is 0.0690. The fourth-order valence-corrected chi connectivity index (χ4v) is 4.81. The number of hydrogen-bond acceptors (Lipinski definition) is 4. The van der Waals surface area contributed by atoms with Gasteiger partial charge in [0.1, 0.15) is 17.5 Å². The molecule has 1 aromatic heterocycles. The number of ether oxygens (including phenoxy) is 1. The number of carbonyl (C=O) groups excluding carboxylic acids is 1. The van der Waals surface area contributed by atoms with Crippen molar-refractivity contribution < 1.29 is 9.53 Å². The number of amides is 1. The van der Waals surface area contributed by atoms with Crippen molar-refractivity contribution in [3.63, 3.8) is 0 Å². The average Bonchev–Trinajstić information content (AvgIpc) is 2.78. The van der Waals surface area contributed by atoms with Gasteiger partial charge in [-0.25, -0.2) is 4.98 Å². The quantitative estimate of drug-likeness (QED) is 0.705. The van der Waals surface area contributed by atoms with Gasteiger partial charge in [0.25, 0.3) is 5.91 Å². The molecule has 1 amide bonds. The minimum absolute atomic E-state index is 0.0287. The molecule has 1 saturated carbocycles. The number of rotatable bonds is 5. The third-order valence-corrected chi connectivity index (χ3v) is 6.83. The summed E-state index contributed by atoms with van der Waals surface area (Å²) in [4.78, 5) is 22.0. The summed E-state index contributed by atoms with van der Waals surface area (Å²) in [7, 11) is 1.92. The first-order chi connectivity index (χ1) is 14.5. The number of pyridine rings is 1. The Bertz CT molecular complexity index is 868. The largest absolute Gasteiger partial charge is 0.490 e. The van der Waals surface area contributed by atoms with Gasteiger partial charge in [0.2, 0.25) is 0 Å². The molecule has 4 rings (SSSR count). The van der Waals surface area contributed by atoms with Crippen LogP contribution in [0.3, 0.4) is 0 Å². The SMILES string of the molecule is CC(C)N1CCC(Oc2ccc3nc(C(=O)N(C)C4CCCCC4)ccc3c2)CC1. The van der Waals surface area contributed by atoms with Crippen LogP contribution in [-0.4, -0.2) is 59.0 Å². The van der Waals surface area contributed by atoms with Crippen molar-refractivity contribution in [2.45, 2.75) is 77.0 Å². The van der Waals surface area contributed by atoms with E-state index in [-0.39, 0.29) is 12.0 Å². The van der Waals surface area contributed by atoms with Gasteiger partial charge in [0.15, 0.2) is 0 Å². The Labute approximate surface area is 180 Å². The van der Waals surface area contributed by atoms with Crippen molar-refractivity contribution in [3.05, 3.63) is 36.0 Å². The lowest BCUT2D eigenvalue weighted by atomic mass is 9.94. The lowest BCUT2D eigenvalue weighted by Crippen LogP contribution is -2.41. The van der Waals surface area contributed by atoms with Gasteiger partial charge in [0.05, 0.1) is 5.52 Å². The van der Waals surface area contributed by atoms with E-state index in [1.807, 2.05) is 36.2 Å². The van der Waals surface area contributed by atoms with E-state index in [2.05, 4.69) is 29.8 Å². The topological polar surface area (TPSA) is 45.7 Å². The van der Waals surface area contributed by atoms with Crippen LogP contribution < -0.4 is 4.74 Å². The Balaban J connectivity index is 1.42. The first kappa shape index (κ1) is 21.1. The minimum Gasteiger partial charge on any atom is -0.490 e. The van der Waals surface area contributed by atoms with Crippen LogP contribution in [0.15, 0.2) is 30.3 Å². The molecule has 1 saturated heterocycles. The fraction of sp³-hybridized carbons (Fsp3) is 0.600. The standard InChI is InChI=1S/C25H35N3O2/c1-18(2)28-15-13-21(14-16-28)30-22-10-12-23-19(17-22)9-11-24(26-23)25(29)27(3)20-7-5-4-6-8-20/h9-12,17-18,20-21H,4-8,13-16H2,1-3H3. The van der Waals surface area contributed by atoms with Crippen molar-refractivity contribution in [2.24, 2.45) is 0 Å². The van der Waals surface area contributed by atoms with E-state index in [4.69, 9.17) is 4.74 Å². The molecule has 30 heavy (non-hydrogen) atoms. The zero-order valence-corrected chi connectivity index (χ0v) is 18.6. The normalized spacial score (nSPS) is 19.3. The van der Waals surface area contributed by atoms with Crippen LogP contribution in [0.4, 0.5) is 0 Å². The monoisotopic (exact) mass is 409 g/mol. The van der Waals surface area contributed by atoms with Crippen LogP contribution in [0.25, 0.3) is 10.9 Å². The molecule has 0 bridgehead atoms. The van der Waals surface area contributed by atoms with E-state index in [0.717, 1.165) is 55.4 Å². The number of nitrogens with zero attached hydrogens (tertiary/aromatic N) is 3. The Morgan fingerprint density at radius 2 is 1.80 bits per heavy atom. The van der Waals surface area contributed by atoms with E-state index < -0.39 is 0 Å². The smallest absolute Gasteiger partial charge is 0.272 e. The van der Waals surface area contributed by atoms with E-state index in [1.54, 1.807) is 0 Å². The molecular weight excluding hydrogens is 374 g/mol. The summed E-state index contributed by atoms with van der Waals surface area (Å²) < 4.78 is 6.26. The van der Waals surface area contributed by atoms with Crippen molar-refractivity contribution >= 4 is 16.8 Å². The van der Waals surface area contributed by atoms with Crippen LogP contribution in [0.2, 0.25) is 0 Å². The lowest BCUT2D eigenvalue weighted by Gasteiger charge is -2.34. The van der Waals surface area contributed by atoms with Gasteiger partial charge in [-0.15, -0.1) is 0 Å². The number of carbonyl (C=O) groups is 1. The molecule has 1 aromatic carbocycles. The van der Waals surface area contributed by atoms with Crippen molar-refractivity contribution in [2.75, 3.05) is 20.1 Å². The highest BCUT2D eigenvalue weighted by molar-refractivity contribution is 5.95. The molecule has 1 aliphatic carbocycles. The van der Waals surface area contributed by atoms with Gasteiger partial charge in [-0.1, -0.05) is 25.3 Å². The molecule has 0 unspecified atom stereocenters. The summed E-state index contributed by atoms with van der Waals surface area (Å²) in [6.45, 7) is 6.70. The highest BCUT2D eigenvalue weighted by Gasteiger charge is 2.24. The highest BCUT2D eigenvalue weighted by atomic mass is 16.5. The second-order valence-corrected chi connectivity index (χ2v) is 9.21. The molecule has 162 valence electrons. The zero-order chi connectivity index (χ0) is 21.1. The Morgan fingerprint density at radius 1 is 1.07 bits per heavy atom. The van der Waals surface area contributed by atoms with Crippen LogP contribution in [-0.2, 0) is 0 Å². The fourth-order valence-electron chi connectivity index (χ4n) is 4.81. The van der Waals surface area contributed by atoms with E-state index in [1.165, 1.54) is 19.3 Å². The number of likely N-dealkylation sites (tertiary alicyclic amines) is 1. The summed E-state index contributed by atoms with van der Waals surface area (Å²) in [5.41, 5.74) is 1.38. The second-order valence-electron chi connectivity index (χ2n) is 9.21. The molecule has 0 N–H and O–H groups in total. The summed E-state index contributed by atoms with van der Waals surface area (Å²) in [5.74, 6) is 0.923. The number of hydrogen-bond donors (Lipinski definition) is 0. The maximum absolute atomic E-state index is 12.9. The summed E-state index contributed by atoms with van der Waals surface area (Å²) in [6.07, 6.45) is 8.33. The van der Waals surface area contributed by atoms with Gasteiger partial charge in [0, 0.05) is 37.6 Å². The zero-order valence-electron chi connectivity index (χ0n) is 18.6. The predicted molar refractivity (Wildman–Crippen MR) is 121 cm³/mol. The van der Waals surface area contributed by atoms with Crippen molar-refractivity contribution in [1.29, 1.82) is 0 Å². The molecule has 0 radical (unpaired) electrons. The van der Waals surface area contributed by atoms with Crippen LogP contribution in [0, 0.1) is 0 Å². The first-order valence-electron chi connectivity index (χ1n) is 11.6. The third kappa shape index (κ3) is 4.77. The van der Waals surface area contributed by atoms with Gasteiger partial charge >= 0.3 is 0 Å². The molecule has 0 atom stereocenters. The summed E-state index contributed by atoms with van der Waals surface area (Å²) >= 11 is 0. The van der Waals surface area contributed by atoms with Crippen molar-refractivity contribution in [1.82, 2.24) is 14.8 Å². The first-order valence-corrected chi connectivity index (χ1v) is 11.6. The molecule has 2 aliphatic rings. The molecule has 5 nitrogen and oxygen atoms in total. The van der Waals surface area contributed by atoms with Crippen LogP contribution in [0.5, 0.6) is 5.75 Å². The molecule has 5 heteroatoms. The molecule has 2 aromatic rings. The Kier molecular flexibility index (Phi) is 6.57. The molecule has 0 spiro atoms. The maximum Gasteiger partial charge on any atom is 0.272 e. The highest BCUT2D eigenvalue weighted by Crippen LogP contribution is 2.26. The van der Waals surface area contributed by atoms with Gasteiger partial charge in [-0.2, -0.15) is 0 Å². The van der Waals surface area contributed by atoms with E-state index >= 15 is 0 Å². The Morgan fingerprint density at radius 3 is 2.50 bits per heavy atom. The van der Waals surface area contributed by atoms with Gasteiger partial charge in [-0.3, -0.25) is 4.79 Å². The summed E-state index contributed by atoms with van der Waals surface area (Å²) in [6, 6.07) is 10.8. The van der Waals surface area contributed by atoms with E-state index in [9.17, 15) is 4.79 Å². The maximum atomic E-state index is 12.9. The number of piperidine rings is 1. The molecule has 2 fully saturated rings. The minimum atomic E-state index is 0.0287. The van der Waals surface area contributed by atoms with Crippen LogP contribution in [0.1, 0.15) is 69.3 Å². The third-order valence-electron chi connectivity index (χ3n) is 6.83. The average molecular weight is 410 g/mol. The van der Waals surface area contributed by atoms with Crippen molar-refractivity contribution in [3.8, 4) is 5.75 Å². The number of benzene rings is 1. The van der Waals surface area contributed by atoms with Crippen LogP contribution >= 0.6 is 0 Å². The number of aromatic nitrogens is 1. The predicted octanol–water partition coefficient (Wildman–Crippen LogP) is 4.89. The summed E-state index contributed by atoms with van der Waals surface area (Å²) in [5, 5.41) is 1.02. The van der Waals surface area contributed by atoms with Gasteiger partial charge < -0.3 is 14.5 Å². The van der Waals surface area contributed by atoms with Gasteiger partial charge in [-0.05, 0) is 63.8 Å². The molecule has 2 heterocycles. The molecule has 1 aliphatic heterocycles.